The van der Waals surface area contributed by atoms with Crippen LogP contribution in [0.1, 0.15) is 38.8 Å². The van der Waals surface area contributed by atoms with Crippen molar-refractivity contribution >= 4 is 22.8 Å². The smallest absolute Gasteiger partial charge is 0.247 e. The molecular weight excluding hydrogens is 434 g/mol. The molecule has 0 aliphatic heterocycles. The number of hydrogen-bond donors (Lipinski definition) is 1. The summed E-state index contributed by atoms with van der Waals surface area (Å²) in [5, 5.41) is 11.4. The van der Waals surface area contributed by atoms with Gasteiger partial charge in [0.15, 0.2) is 0 Å². The molecular formula is C25H33N5O4. The Morgan fingerprint density at radius 3 is 2.47 bits per heavy atom. The van der Waals surface area contributed by atoms with Crippen LogP contribution < -0.4 is 10.1 Å². The molecule has 3 rings (SSSR count). The fraction of sp³-hybridized carbons (Fsp3) is 0.440. The number of nitrogens with one attached hydrogen (secondary N) is 1. The van der Waals surface area contributed by atoms with Crippen molar-refractivity contribution < 1.29 is 19.1 Å². The number of para-hydroxylation sites is 1. The normalized spacial score (nSPS) is 12.4. The van der Waals surface area contributed by atoms with Crippen LogP contribution in [0.5, 0.6) is 5.75 Å². The number of benzene rings is 2. The van der Waals surface area contributed by atoms with E-state index >= 15 is 0 Å². The van der Waals surface area contributed by atoms with Gasteiger partial charge in [0.2, 0.25) is 11.8 Å². The van der Waals surface area contributed by atoms with E-state index in [1.54, 1.807) is 48.1 Å². The summed E-state index contributed by atoms with van der Waals surface area (Å²) in [5.41, 5.74) is 1.70. The number of methoxy groups -OCH3 is 2. The van der Waals surface area contributed by atoms with Crippen LogP contribution in [-0.2, 0) is 20.9 Å². The highest BCUT2D eigenvalue weighted by atomic mass is 16.5. The lowest BCUT2D eigenvalue weighted by atomic mass is 9.98. The Morgan fingerprint density at radius 1 is 1.12 bits per heavy atom. The minimum atomic E-state index is -0.853. The third-order valence-electron chi connectivity index (χ3n) is 5.90. The van der Waals surface area contributed by atoms with Gasteiger partial charge in [0.25, 0.3) is 0 Å². The van der Waals surface area contributed by atoms with Gasteiger partial charge in [-0.25, -0.2) is 4.68 Å². The van der Waals surface area contributed by atoms with E-state index in [1.807, 2.05) is 45.0 Å². The number of rotatable bonds is 11. The van der Waals surface area contributed by atoms with E-state index in [0.717, 1.165) is 11.9 Å². The van der Waals surface area contributed by atoms with Gasteiger partial charge in [0, 0.05) is 19.2 Å². The first-order valence-corrected chi connectivity index (χ1v) is 11.3. The molecule has 0 saturated carbocycles. The zero-order valence-corrected chi connectivity index (χ0v) is 20.4. The number of aromatic nitrogens is 3. The summed E-state index contributed by atoms with van der Waals surface area (Å²) in [6, 6.07) is 13.8. The lowest BCUT2D eigenvalue weighted by Crippen LogP contribution is -2.51. The predicted octanol–water partition coefficient (Wildman–Crippen LogP) is 2.96. The highest BCUT2D eigenvalue weighted by Gasteiger charge is 2.34. The summed E-state index contributed by atoms with van der Waals surface area (Å²) in [5.74, 6) is 0.142. The fourth-order valence-electron chi connectivity index (χ4n) is 3.59. The maximum Gasteiger partial charge on any atom is 0.247 e. The van der Waals surface area contributed by atoms with Gasteiger partial charge in [-0.15, -0.1) is 5.10 Å². The van der Waals surface area contributed by atoms with Gasteiger partial charge in [0.1, 0.15) is 23.9 Å². The zero-order valence-electron chi connectivity index (χ0n) is 20.4. The summed E-state index contributed by atoms with van der Waals surface area (Å²) in [6.07, 6.45) is 0.741. The Kier molecular flexibility index (Phi) is 8.22. The van der Waals surface area contributed by atoms with Crippen molar-refractivity contribution in [1.82, 2.24) is 25.2 Å². The number of nitrogens with zero attached hydrogens (tertiary/aromatic N) is 4. The fourth-order valence-corrected chi connectivity index (χ4v) is 3.59. The zero-order chi connectivity index (χ0) is 24.7. The number of carbonyl (C=O) groups excluding carboxylic acids is 2. The molecule has 0 aliphatic rings. The van der Waals surface area contributed by atoms with Crippen LogP contribution in [-0.4, -0.2) is 64.6 Å². The average Bonchev–Trinajstić information content (AvgIpc) is 3.24. The molecule has 0 bridgehead atoms. The number of hydrogen-bond acceptors (Lipinski definition) is 6. The molecule has 0 spiro atoms. The van der Waals surface area contributed by atoms with E-state index in [-0.39, 0.29) is 31.5 Å². The summed E-state index contributed by atoms with van der Waals surface area (Å²) in [6.45, 7) is 6.38. The van der Waals surface area contributed by atoms with Crippen molar-refractivity contribution in [3.05, 3.63) is 54.1 Å². The van der Waals surface area contributed by atoms with Gasteiger partial charge in [0.05, 0.1) is 19.2 Å². The first kappa shape index (κ1) is 25.2. The van der Waals surface area contributed by atoms with E-state index < -0.39 is 11.6 Å². The molecule has 1 N–H and O–H groups in total. The molecule has 3 aromatic rings. The molecule has 0 radical (unpaired) electrons. The monoisotopic (exact) mass is 467 g/mol. The molecule has 9 nitrogen and oxygen atoms in total. The standard InChI is InChI=1S/C25H33N5O4/c1-6-25(2,3)26-24(32)23(18-11-13-19(34-5)14-12-18)29(15-16-33-4)22(31)17-30-21-10-8-7-9-20(21)27-28-30/h7-14,23H,6,15-17H2,1-5H3,(H,26,32). The molecule has 9 heteroatoms. The van der Waals surface area contributed by atoms with Crippen LogP contribution in [0.25, 0.3) is 11.0 Å². The molecule has 1 heterocycles. The second-order valence-corrected chi connectivity index (χ2v) is 8.72. The minimum Gasteiger partial charge on any atom is -0.497 e. The van der Waals surface area contributed by atoms with Crippen molar-refractivity contribution in [3.8, 4) is 5.75 Å². The maximum absolute atomic E-state index is 13.6. The summed E-state index contributed by atoms with van der Waals surface area (Å²) in [4.78, 5) is 28.7. The molecule has 0 fully saturated rings. The molecule has 1 unspecified atom stereocenters. The van der Waals surface area contributed by atoms with Crippen LogP contribution >= 0.6 is 0 Å². The van der Waals surface area contributed by atoms with Gasteiger partial charge in [-0.05, 0) is 50.1 Å². The Bertz CT molecular complexity index is 1110. The lowest BCUT2D eigenvalue weighted by Gasteiger charge is -2.34. The topological polar surface area (TPSA) is 98.6 Å². The Balaban J connectivity index is 1.98. The molecule has 1 atom stereocenters. The number of fused-ring (bicyclic) bond motifs is 1. The summed E-state index contributed by atoms with van der Waals surface area (Å²) < 4.78 is 12.1. The van der Waals surface area contributed by atoms with Crippen LogP contribution in [0, 0.1) is 0 Å². The van der Waals surface area contributed by atoms with E-state index in [9.17, 15) is 9.59 Å². The van der Waals surface area contributed by atoms with Gasteiger partial charge < -0.3 is 19.7 Å². The molecule has 2 aromatic carbocycles. The Morgan fingerprint density at radius 2 is 1.82 bits per heavy atom. The number of ether oxygens (including phenoxy) is 2. The van der Waals surface area contributed by atoms with Crippen LogP contribution in [0.15, 0.2) is 48.5 Å². The van der Waals surface area contributed by atoms with E-state index in [0.29, 0.717) is 16.8 Å². The number of carbonyl (C=O) groups is 2. The summed E-state index contributed by atoms with van der Waals surface area (Å²) >= 11 is 0. The van der Waals surface area contributed by atoms with Crippen molar-refractivity contribution in [2.75, 3.05) is 27.4 Å². The van der Waals surface area contributed by atoms with Gasteiger partial charge in [-0.3, -0.25) is 9.59 Å². The van der Waals surface area contributed by atoms with Gasteiger partial charge in [-0.2, -0.15) is 0 Å². The predicted molar refractivity (Wildman–Crippen MR) is 129 cm³/mol. The van der Waals surface area contributed by atoms with Crippen molar-refractivity contribution in [1.29, 1.82) is 0 Å². The largest absolute Gasteiger partial charge is 0.497 e. The van der Waals surface area contributed by atoms with E-state index in [1.165, 1.54) is 0 Å². The molecule has 0 aliphatic carbocycles. The lowest BCUT2D eigenvalue weighted by molar-refractivity contribution is -0.142. The minimum absolute atomic E-state index is 0.0542. The molecule has 1 aromatic heterocycles. The second-order valence-electron chi connectivity index (χ2n) is 8.72. The molecule has 182 valence electrons. The first-order valence-electron chi connectivity index (χ1n) is 11.3. The number of amides is 2. The molecule has 0 saturated heterocycles. The van der Waals surface area contributed by atoms with Gasteiger partial charge >= 0.3 is 0 Å². The maximum atomic E-state index is 13.6. The average molecular weight is 468 g/mol. The van der Waals surface area contributed by atoms with Gasteiger partial charge in [-0.1, -0.05) is 36.4 Å². The molecule has 34 heavy (non-hydrogen) atoms. The third-order valence-corrected chi connectivity index (χ3v) is 5.90. The van der Waals surface area contributed by atoms with Crippen LogP contribution in [0.3, 0.4) is 0 Å². The van der Waals surface area contributed by atoms with E-state index in [2.05, 4.69) is 15.6 Å². The quantitative estimate of drug-likeness (QED) is 0.466. The van der Waals surface area contributed by atoms with Crippen LogP contribution in [0.4, 0.5) is 0 Å². The second kappa shape index (κ2) is 11.1. The van der Waals surface area contributed by atoms with Crippen molar-refractivity contribution in [3.63, 3.8) is 0 Å². The highest BCUT2D eigenvalue weighted by Crippen LogP contribution is 2.26. The third kappa shape index (κ3) is 5.91. The Hall–Kier alpha value is -3.46. The SMILES string of the molecule is CCC(C)(C)NC(=O)C(c1ccc(OC)cc1)N(CCOC)C(=O)Cn1nnc2ccccc21. The Labute approximate surface area is 200 Å². The van der Waals surface area contributed by atoms with Crippen molar-refractivity contribution in [2.45, 2.75) is 45.3 Å². The van der Waals surface area contributed by atoms with Crippen LogP contribution in [0.2, 0.25) is 0 Å². The molecule has 2 amide bonds. The summed E-state index contributed by atoms with van der Waals surface area (Å²) in [7, 11) is 3.15. The van der Waals surface area contributed by atoms with Crippen molar-refractivity contribution in [2.24, 2.45) is 0 Å². The first-order chi connectivity index (χ1) is 16.3. The van der Waals surface area contributed by atoms with E-state index in [4.69, 9.17) is 9.47 Å². The highest BCUT2D eigenvalue weighted by molar-refractivity contribution is 5.89.